The molecule has 0 amide bonds. The van der Waals surface area contributed by atoms with E-state index in [9.17, 15) is 0 Å². The van der Waals surface area contributed by atoms with Crippen LogP contribution in [0.2, 0.25) is 0 Å². The van der Waals surface area contributed by atoms with Crippen molar-refractivity contribution in [3.05, 3.63) is 10.0 Å². The molecule has 1 N–H and O–H groups in total. The third-order valence-electron chi connectivity index (χ3n) is 2.11. The van der Waals surface area contributed by atoms with Gasteiger partial charge in [-0.3, -0.25) is 0 Å². The van der Waals surface area contributed by atoms with Gasteiger partial charge < -0.3 is 10.1 Å². The molecule has 0 aliphatic rings. The van der Waals surface area contributed by atoms with Crippen LogP contribution in [0, 0.1) is 0 Å². The van der Waals surface area contributed by atoms with E-state index >= 15 is 0 Å². The van der Waals surface area contributed by atoms with Crippen LogP contribution in [-0.2, 0) is 17.8 Å². The molecule has 0 aromatic carbocycles. The number of aromatic nitrogens is 2. The van der Waals surface area contributed by atoms with Gasteiger partial charge in [0, 0.05) is 13.0 Å². The molecular weight excluding hydrogens is 222 g/mol. The summed E-state index contributed by atoms with van der Waals surface area (Å²) in [6.07, 6.45) is 3.33. The Morgan fingerprint density at radius 3 is 2.75 bits per heavy atom. The number of nitrogens with zero attached hydrogens (tertiary/aromatic N) is 2. The Labute approximate surface area is 101 Å². The standard InChI is InChI=1S/C11H21N3OS/c1-3-7-12-8-5-6-10-13-14-11(16-10)9-15-4-2/h12H,3-9H2,1-2H3. The molecule has 1 aromatic rings. The second-order valence-corrected chi connectivity index (χ2v) is 4.73. The van der Waals surface area contributed by atoms with Crippen molar-refractivity contribution in [1.29, 1.82) is 0 Å². The predicted molar refractivity (Wildman–Crippen MR) is 66.7 cm³/mol. The second kappa shape index (κ2) is 8.61. The Kier molecular flexibility index (Phi) is 7.29. The van der Waals surface area contributed by atoms with Gasteiger partial charge in [0.2, 0.25) is 0 Å². The van der Waals surface area contributed by atoms with Gasteiger partial charge in [-0.1, -0.05) is 18.3 Å². The maximum atomic E-state index is 5.29. The molecule has 0 fully saturated rings. The highest BCUT2D eigenvalue weighted by atomic mass is 32.1. The van der Waals surface area contributed by atoms with E-state index in [-0.39, 0.29) is 0 Å². The lowest BCUT2D eigenvalue weighted by Crippen LogP contribution is -2.16. The SMILES string of the molecule is CCCNCCCc1nnc(COCC)s1. The number of aryl methyl sites for hydroxylation is 1. The van der Waals surface area contributed by atoms with Crippen LogP contribution in [0.15, 0.2) is 0 Å². The lowest BCUT2D eigenvalue weighted by Gasteiger charge is -1.99. The zero-order valence-electron chi connectivity index (χ0n) is 10.2. The minimum atomic E-state index is 0.599. The van der Waals surface area contributed by atoms with E-state index in [0.717, 1.165) is 42.6 Å². The van der Waals surface area contributed by atoms with Crippen molar-refractivity contribution in [2.24, 2.45) is 0 Å². The summed E-state index contributed by atoms with van der Waals surface area (Å²) >= 11 is 1.66. The highest BCUT2D eigenvalue weighted by Gasteiger charge is 2.03. The summed E-state index contributed by atoms with van der Waals surface area (Å²) < 4.78 is 5.29. The van der Waals surface area contributed by atoms with Gasteiger partial charge in [-0.2, -0.15) is 0 Å². The molecule has 0 spiro atoms. The number of ether oxygens (including phenoxy) is 1. The van der Waals surface area contributed by atoms with Crippen molar-refractivity contribution >= 4 is 11.3 Å². The van der Waals surface area contributed by atoms with Crippen molar-refractivity contribution in [3.8, 4) is 0 Å². The van der Waals surface area contributed by atoms with Crippen molar-refractivity contribution < 1.29 is 4.74 Å². The molecule has 0 bridgehead atoms. The molecule has 4 nitrogen and oxygen atoms in total. The topological polar surface area (TPSA) is 47.0 Å². The molecule has 1 rings (SSSR count). The van der Waals surface area contributed by atoms with E-state index in [2.05, 4.69) is 22.4 Å². The minimum Gasteiger partial charge on any atom is -0.374 e. The summed E-state index contributed by atoms with van der Waals surface area (Å²) in [6.45, 7) is 7.66. The first kappa shape index (κ1) is 13.5. The van der Waals surface area contributed by atoms with Crippen LogP contribution in [-0.4, -0.2) is 29.9 Å². The lowest BCUT2D eigenvalue weighted by molar-refractivity contribution is 0.133. The maximum absolute atomic E-state index is 5.29. The third-order valence-corrected chi connectivity index (χ3v) is 3.07. The summed E-state index contributed by atoms with van der Waals surface area (Å²) in [7, 11) is 0. The van der Waals surface area contributed by atoms with E-state index in [0.29, 0.717) is 6.61 Å². The van der Waals surface area contributed by atoms with Crippen LogP contribution < -0.4 is 5.32 Å². The number of nitrogens with one attached hydrogen (secondary N) is 1. The zero-order valence-corrected chi connectivity index (χ0v) is 11.0. The summed E-state index contributed by atoms with van der Waals surface area (Å²) in [5, 5.41) is 13.7. The summed E-state index contributed by atoms with van der Waals surface area (Å²) in [4.78, 5) is 0. The minimum absolute atomic E-state index is 0.599. The fourth-order valence-electron chi connectivity index (χ4n) is 1.30. The monoisotopic (exact) mass is 243 g/mol. The Hall–Kier alpha value is -0.520. The quantitative estimate of drug-likeness (QED) is 0.674. The predicted octanol–water partition coefficient (Wildman–Crippen LogP) is 2.01. The fourth-order valence-corrected chi connectivity index (χ4v) is 2.13. The first-order valence-corrected chi connectivity index (χ1v) is 6.78. The Balaban J connectivity index is 2.14. The average Bonchev–Trinajstić information content (AvgIpc) is 2.74. The molecule has 0 radical (unpaired) electrons. The van der Waals surface area contributed by atoms with Crippen LogP contribution in [0.5, 0.6) is 0 Å². The molecule has 16 heavy (non-hydrogen) atoms. The van der Waals surface area contributed by atoms with Gasteiger partial charge in [0.1, 0.15) is 16.6 Å². The maximum Gasteiger partial charge on any atom is 0.143 e. The van der Waals surface area contributed by atoms with Crippen LogP contribution in [0.3, 0.4) is 0 Å². The van der Waals surface area contributed by atoms with Gasteiger partial charge in [0.25, 0.3) is 0 Å². The summed E-state index contributed by atoms with van der Waals surface area (Å²) in [5.41, 5.74) is 0. The highest BCUT2D eigenvalue weighted by molar-refractivity contribution is 7.11. The van der Waals surface area contributed by atoms with Crippen molar-refractivity contribution in [2.75, 3.05) is 19.7 Å². The molecule has 0 saturated carbocycles. The normalized spacial score (nSPS) is 10.9. The molecule has 0 aliphatic carbocycles. The average molecular weight is 243 g/mol. The smallest absolute Gasteiger partial charge is 0.143 e. The molecule has 1 aromatic heterocycles. The molecule has 1 heterocycles. The zero-order chi connectivity index (χ0) is 11.6. The van der Waals surface area contributed by atoms with Crippen molar-refractivity contribution in [2.45, 2.75) is 39.7 Å². The third kappa shape index (κ3) is 5.53. The van der Waals surface area contributed by atoms with E-state index in [4.69, 9.17) is 4.74 Å². The second-order valence-electron chi connectivity index (χ2n) is 3.58. The number of rotatable bonds is 9. The number of hydrogen-bond acceptors (Lipinski definition) is 5. The van der Waals surface area contributed by atoms with Gasteiger partial charge in [-0.05, 0) is 32.9 Å². The Morgan fingerprint density at radius 2 is 2.00 bits per heavy atom. The van der Waals surface area contributed by atoms with Crippen LogP contribution in [0.1, 0.15) is 36.7 Å². The van der Waals surface area contributed by atoms with Crippen molar-refractivity contribution in [1.82, 2.24) is 15.5 Å². The van der Waals surface area contributed by atoms with Gasteiger partial charge in [0.05, 0.1) is 0 Å². The van der Waals surface area contributed by atoms with Gasteiger partial charge in [-0.25, -0.2) is 0 Å². The van der Waals surface area contributed by atoms with E-state index < -0.39 is 0 Å². The summed E-state index contributed by atoms with van der Waals surface area (Å²) in [6, 6.07) is 0. The van der Waals surface area contributed by atoms with Crippen LogP contribution in [0.25, 0.3) is 0 Å². The van der Waals surface area contributed by atoms with E-state index in [1.54, 1.807) is 11.3 Å². The first-order chi connectivity index (χ1) is 7.86. The largest absolute Gasteiger partial charge is 0.374 e. The lowest BCUT2D eigenvalue weighted by atomic mass is 10.3. The molecule has 0 atom stereocenters. The van der Waals surface area contributed by atoms with Crippen LogP contribution in [0.4, 0.5) is 0 Å². The molecule has 5 heteroatoms. The molecule has 0 saturated heterocycles. The Bertz CT molecular complexity index is 278. The molecule has 0 aliphatic heterocycles. The fraction of sp³-hybridized carbons (Fsp3) is 0.818. The van der Waals surface area contributed by atoms with Gasteiger partial charge in [-0.15, -0.1) is 10.2 Å². The van der Waals surface area contributed by atoms with Gasteiger partial charge in [0.15, 0.2) is 0 Å². The van der Waals surface area contributed by atoms with E-state index in [1.165, 1.54) is 6.42 Å². The van der Waals surface area contributed by atoms with Crippen LogP contribution >= 0.6 is 11.3 Å². The highest BCUT2D eigenvalue weighted by Crippen LogP contribution is 2.12. The number of hydrogen-bond donors (Lipinski definition) is 1. The summed E-state index contributed by atoms with van der Waals surface area (Å²) in [5.74, 6) is 0. The first-order valence-electron chi connectivity index (χ1n) is 5.96. The van der Waals surface area contributed by atoms with E-state index in [1.807, 2.05) is 6.92 Å². The van der Waals surface area contributed by atoms with Gasteiger partial charge >= 0.3 is 0 Å². The molecule has 0 unspecified atom stereocenters. The molecular formula is C11H21N3OS. The molecule has 92 valence electrons. The Morgan fingerprint density at radius 1 is 1.19 bits per heavy atom. The van der Waals surface area contributed by atoms with Crippen molar-refractivity contribution in [3.63, 3.8) is 0 Å².